The molecule has 0 aliphatic rings. The standard InChI is InChI=1S/C18H36O3.C10H22O7/c1-2-3-4-5-6-7-8-9-10-11-12-13-14-15-16-17(19)18(20)21;11-1-9(2-12,3-13)7-17-8-10(4-14,5-15)6-16/h17,19H,2-16H2,1H3,(H,20,21);11-16H,1-8H2. The molecule has 1 atom stereocenters. The van der Waals surface area contributed by atoms with Gasteiger partial charge < -0.3 is 45.6 Å². The van der Waals surface area contributed by atoms with Crippen LogP contribution in [0.3, 0.4) is 0 Å². The Hall–Kier alpha value is -0.850. The molecule has 0 aromatic heterocycles. The Balaban J connectivity index is 0. The average Bonchev–Trinajstić information content (AvgIpc) is 2.94. The van der Waals surface area contributed by atoms with Crippen LogP contribution in [-0.4, -0.2) is 106 Å². The van der Waals surface area contributed by atoms with Crippen molar-refractivity contribution >= 4 is 5.97 Å². The zero-order chi connectivity index (χ0) is 29.1. The van der Waals surface area contributed by atoms with Gasteiger partial charge in [0.15, 0.2) is 6.10 Å². The number of carbonyl (C=O) groups is 1. The van der Waals surface area contributed by atoms with Crippen LogP contribution in [0.5, 0.6) is 0 Å². The van der Waals surface area contributed by atoms with E-state index in [1.165, 1.54) is 77.0 Å². The van der Waals surface area contributed by atoms with Crippen LogP contribution in [0.2, 0.25) is 0 Å². The van der Waals surface area contributed by atoms with Gasteiger partial charge in [-0.25, -0.2) is 4.79 Å². The quantitative estimate of drug-likeness (QED) is 0.0736. The number of ether oxygens (including phenoxy) is 1. The molecule has 230 valence electrons. The smallest absolute Gasteiger partial charge is 0.332 e. The minimum absolute atomic E-state index is 0.141. The maximum Gasteiger partial charge on any atom is 0.332 e. The molecule has 0 heterocycles. The Bertz CT molecular complexity index is 473. The lowest BCUT2D eigenvalue weighted by Gasteiger charge is -2.31. The van der Waals surface area contributed by atoms with Crippen molar-refractivity contribution in [3.63, 3.8) is 0 Å². The number of carboxylic acids is 1. The van der Waals surface area contributed by atoms with Crippen molar-refractivity contribution in [2.24, 2.45) is 10.8 Å². The predicted molar refractivity (Wildman–Crippen MR) is 147 cm³/mol. The average molecular weight is 555 g/mol. The molecule has 38 heavy (non-hydrogen) atoms. The van der Waals surface area contributed by atoms with Crippen LogP contribution in [0.15, 0.2) is 0 Å². The zero-order valence-corrected chi connectivity index (χ0v) is 23.7. The van der Waals surface area contributed by atoms with Crippen molar-refractivity contribution in [2.45, 2.75) is 109 Å². The third kappa shape index (κ3) is 20.1. The van der Waals surface area contributed by atoms with Crippen LogP contribution in [0.1, 0.15) is 103 Å². The van der Waals surface area contributed by atoms with Gasteiger partial charge in [-0.15, -0.1) is 0 Å². The minimum Gasteiger partial charge on any atom is -0.479 e. The van der Waals surface area contributed by atoms with E-state index in [2.05, 4.69) is 6.92 Å². The van der Waals surface area contributed by atoms with E-state index in [-0.39, 0.29) is 13.2 Å². The van der Waals surface area contributed by atoms with E-state index in [0.29, 0.717) is 6.42 Å². The normalized spacial score (nSPS) is 12.7. The molecule has 0 radical (unpaired) electrons. The van der Waals surface area contributed by atoms with Gasteiger partial charge in [0.25, 0.3) is 0 Å². The van der Waals surface area contributed by atoms with Gasteiger partial charge in [0.2, 0.25) is 0 Å². The number of aliphatic hydroxyl groups is 7. The number of hydrogen-bond donors (Lipinski definition) is 8. The van der Waals surface area contributed by atoms with Crippen LogP contribution < -0.4 is 0 Å². The molecular weight excluding hydrogens is 496 g/mol. The predicted octanol–water partition coefficient (Wildman–Crippen LogP) is 2.23. The Kier molecular flexibility index (Phi) is 27.3. The highest BCUT2D eigenvalue weighted by atomic mass is 16.5. The maximum absolute atomic E-state index is 10.4. The van der Waals surface area contributed by atoms with Crippen LogP contribution in [0, 0.1) is 10.8 Å². The van der Waals surface area contributed by atoms with Gasteiger partial charge in [0.1, 0.15) is 0 Å². The molecule has 0 aliphatic carbocycles. The van der Waals surface area contributed by atoms with E-state index in [1.807, 2.05) is 0 Å². The van der Waals surface area contributed by atoms with Crippen molar-refractivity contribution in [1.82, 2.24) is 0 Å². The molecule has 0 amide bonds. The highest BCUT2D eigenvalue weighted by Crippen LogP contribution is 2.20. The van der Waals surface area contributed by atoms with Gasteiger partial charge in [0, 0.05) is 0 Å². The first-order valence-corrected chi connectivity index (χ1v) is 14.4. The highest BCUT2D eigenvalue weighted by molar-refractivity contribution is 5.71. The molecule has 0 aromatic rings. The summed E-state index contributed by atoms with van der Waals surface area (Å²) in [6.45, 7) is -0.747. The number of rotatable bonds is 26. The second-order valence-electron chi connectivity index (χ2n) is 10.7. The number of unbranched alkanes of at least 4 members (excludes halogenated alkanes) is 13. The van der Waals surface area contributed by atoms with Crippen LogP contribution in [0.25, 0.3) is 0 Å². The van der Waals surface area contributed by atoms with E-state index >= 15 is 0 Å². The molecule has 0 saturated heterocycles. The molecule has 0 fully saturated rings. The summed E-state index contributed by atoms with van der Waals surface area (Å²) >= 11 is 0. The van der Waals surface area contributed by atoms with E-state index in [4.69, 9.17) is 45.6 Å². The highest BCUT2D eigenvalue weighted by Gasteiger charge is 2.32. The van der Waals surface area contributed by atoms with Crippen molar-refractivity contribution < 1.29 is 50.4 Å². The molecule has 10 heteroatoms. The Morgan fingerprint density at radius 1 is 0.579 bits per heavy atom. The molecule has 0 spiro atoms. The van der Waals surface area contributed by atoms with Gasteiger partial charge in [-0.3, -0.25) is 0 Å². The van der Waals surface area contributed by atoms with Crippen LogP contribution >= 0.6 is 0 Å². The summed E-state index contributed by atoms with van der Waals surface area (Å²) in [6.07, 6.45) is 17.3. The fraction of sp³-hybridized carbons (Fsp3) is 0.964. The SMILES string of the molecule is CCCCCCCCCCCCCCCCC(O)C(=O)O.OCC(CO)(CO)COCC(CO)(CO)CO. The number of carboxylic acid groups (broad SMARTS) is 1. The van der Waals surface area contributed by atoms with Gasteiger partial charge in [-0.05, 0) is 6.42 Å². The zero-order valence-electron chi connectivity index (χ0n) is 23.7. The summed E-state index contributed by atoms with van der Waals surface area (Å²) in [5.74, 6) is -1.09. The van der Waals surface area contributed by atoms with Gasteiger partial charge >= 0.3 is 5.97 Å². The third-order valence-electron chi connectivity index (χ3n) is 6.95. The molecule has 8 N–H and O–H groups in total. The second kappa shape index (κ2) is 26.4. The van der Waals surface area contributed by atoms with Crippen LogP contribution in [0.4, 0.5) is 0 Å². The van der Waals surface area contributed by atoms with Crippen molar-refractivity contribution in [1.29, 1.82) is 0 Å². The summed E-state index contributed by atoms with van der Waals surface area (Å²) in [6, 6.07) is 0. The molecule has 10 nitrogen and oxygen atoms in total. The number of aliphatic hydroxyl groups excluding tert-OH is 7. The van der Waals surface area contributed by atoms with Gasteiger partial charge in [-0.1, -0.05) is 96.8 Å². The summed E-state index contributed by atoms with van der Waals surface area (Å²) in [5, 5.41) is 71.8. The first-order valence-electron chi connectivity index (χ1n) is 14.4. The molecule has 1 unspecified atom stereocenters. The fourth-order valence-corrected chi connectivity index (χ4v) is 3.71. The Morgan fingerprint density at radius 3 is 1.13 bits per heavy atom. The van der Waals surface area contributed by atoms with Crippen molar-refractivity contribution in [2.75, 3.05) is 52.9 Å². The summed E-state index contributed by atoms with van der Waals surface area (Å²) in [7, 11) is 0. The van der Waals surface area contributed by atoms with Crippen molar-refractivity contribution in [3.8, 4) is 0 Å². The second-order valence-corrected chi connectivity index (χ2v) is 10.7. The number of aliphatic carboxylic acids is 1. The summed E-state index contributed by atoms with van der Waals surface area (Å²) in [4.78, 5) is 10.4. The van der Waals surface area contributed by atoms with E-state index in [0.717, 1.165) is 12.8 Å². The van der Waals surface area contributed by atoms with E-state index < -0.39 is 62.5 Å². The maximum atomic E-state index is 10.4. The lowest BCUT2D eigenvalue weighted by atomic mass is 9.91. The molecule has 0 saturated carbocycles. The van der Waals surface area contributed by atoms with Crippen LogP contribution in [-0.2, 0) is 9.53 Å². The van der Waals surface area contributed by atoms with Gasteiger partial charge in [-0.2, -0.15) is 0 Å². The summed E-state index contributed by atoms with van der Waals surface area (Å²) in [5.41, 5.74) is -2.32. The minimum atomic E-state index is -1.16. The Labute approximate surface area is 229 Å². The lowest BCUT2D eigenvalue weighted by molar-refractivity contribution is -0.146. The largest absolute Gasteiger partial charge is 0.479 e. The molecule has 0 bridgehead atoms. The third-order valence-corrected chi connectivity index (χ3v) is 6.95. The molecule has 0 aromatic carbocycles. The van der Waals surface area contributed by atoms with Gasteiger partial charge in [0.05, 0.1) is 63.7 Å². The molecular formula is C28H58O10. The fourth-order valence-electron chi connectivity index (χ4n) is 3.71. The summed E-state index contributed by atoms with van der Waals surface area (Å²) < 4.78 is 5.15. The topological polar surface area (TPSA) is 188 Å². The first-order chi connectivity index (χ1) is 18.3. The Morgan fingerprint density at radius 2 is 0.868 bits per heavy atom. The van der Waals surface area contributed by atoms with E-state index in [9.17, 15) is 4.79 Å². The first kappa shape index (κ1) is 39.3. The molecule has 0 aliphatic heterocycles. The monoisotopic (exact) mass is 554 g/mol. The lowest BCUT2D eigenvalue weighted by Crippen LogP contribution is -2.43. The van der Waals surface area contributed by atoms with E-state index in [1.54, 1.807) is 0 Å². The molecule has 0 rings (SSSR count). The van der Waals surface area contributed by atoms with Crippen molar-refractivity contribution in [3.05, 3.63) is 0 Å². The number of hydrogen-bond acceptors (Lipinski definition) is 9.